The fraction of sp³-hybridized carbons (Fsp3) is 0.0588. The van der Waals surface area contributed by atoms with Crippen LogP contribution < -0.4 is 5.32 Å². The molecule has 4 nitrogen and oxygen atoms in total. The summed E-state index contributed by atoms with van der Waals surface area (Å²) in [7, 11) is 0. The molecule has 24 heavy (non-hydrogen) atoms. The number of hydrogen-bond acceptors (Lipinski definition) is 3. The molecule has 2 heterocycles. The van der Waals surface area contributed by atoms with Crippen LogP contribution in [0.4, 0.5) is 10.3 Å². The average molecular weight is 361 g/mol. The normalized spacial score (nSPS) is 16.3. The number of anilines is 1. The molecule has 3 aromatic rings. The number of fused-ring (bicyclic) bond motifs is 1. The fourth-order valence-electron chi connectivity index (χ4n) is 2.77. The maximum absolute atomic E-state index is 14.4. The maximum atomic E-state index is 14.4. The Labute approximate surface area is 147 Å². The molecule has 0 saturated carbocycles. The molecular weight excluding hydrogens is 350 g/mol. The zero-order chi connectivity index (χ0) is 16.7. The molecule has 4 rings (SSSR count). The number of aromatic nitrogens is 3. The Morgan fingerprint density at radius 1 is 1.04 bits per heavy atom. The zero-order valence-electron chi connectivity index (χ0n) is 12.2. The van der Waals surface area contributed by atoms with Crippen LogP contribution >= 0.6 is 23.2 Å². The molecule has 7 heteroatoms. The number of hydrogen-bond donors (Lipinski definition) is 1. The Morgan fingerprint density at radius 2 is 1.83 bits per heavy atom. The number of rotatable bonds is 2. The van der Waals surface area contributed by atoms with Gasteiger partial charge in [0.15, 0.2) is 0 Å². The quantitative estimate of drug-likeness (QED) is 0.714. The fourth-order valence-corrected chi connectivity index (χ4v) is 3.28. The number of halogens is 3. The van der Waals surface area contributed by atoms with Crippen molar-refractivity contribution in [2.45, 2.75) is 6.04 Å². The van der Waals surface area contributed by atoms with Crippen LogP contribution in [0.1, 0.15) is 17.2 Å². The van der Waals surface area contributed by atoms with Gasteiger partial charge in [0.2, 0.25) is 5.95 Å². The number of nitrogens with zero attached hydrogens (tertiary/aromatic N) is 3. The molecule has 1 aliphatic heterocycles. The van der Waals surface area contributed by atoms with E-state index in [-0.39, 0.29) is 0 Å². The van der Waals surface area contributed by atoms with Gasteiger partial charge in [0, 0.05) is 26.9 Å². The largest absolute Gasteiger partial charge is 0.324 e. The molecule has 1 N–H and O–H groups in total. The molecule has 1 aliphatic rings. The first-order chi connectivity index (χ1) is 11.6. The van der Waals surface area contributed by atoms with Crippen molar-refractivity contribution in [3.63, 3.8) is 0 Å². The Balaban J connectivity index is 1.91. The highest BCUT2D eigenvalue weighted by Crippen LogP contribution is 2.37. The van der Waals surface area contributed by atoms with Crippen molar-refractivity contribution in [3.8, 4) is 0 Å². The van der Waals surface area contributed by atoms with Gasteiger partial charge in [-0.25, -0.2) is 9.07 Å². The van der Waals surface area contributed by atoms with E-state index in [1.165, 1.54) is 12.4 Å². The molecule has 120 valence electrons. The van der Waals surface area contributed by atoms with Crippen molar-refractivity contribution in [3.05, 3.63) is 81.9 Å². The summed E-state index contributed by atoms with van der Waals surface area (Å²) < 4.78 is 16.0. The third-order valence-corrected chi connectivity index (χ3v) is 4.53. The summed E-state index contributed by atoms with van der Waals surface area (Å²) in [4.78, 5) is 4.19. The van der Waals surface area contributed by atoms with E-state index >= 15 is 0 Å². The SMILES string of the molecule is Fc1cccc(Cl)c1[C@@H]1C=C(c2ccccc2Cl)Nc2ncnn21. The van der Waals surface area contributed by atoms with Gasteiger partial charge in [0.05, 0.1) is 0 Å². The van der Waals surface area contributed by atoms with Crippen LogP contribution in [0.25, 0.3) is 5.70 Å². The second-order valence-corrected chi connectivity index (χ2v) is 6.11. The molecule has 0 radical (unpaired) electrons. The van der Waals surface area contributed by atoms with Crippen molar-refractivity contribution >= 4 is 34.8 Å². The molecule has 1 aromatic heterocycles. The summed E-state index contributed by atoms with van der Waals surface area (Å²) in [5, 5.41) is 8.28. The van der Waals surface area contributed by atoms with Crippen LogP contribution in [-0.4, -0.2) is 14.8 Å². The summed E-state index contributed by atoms with van der Waals surface area (Å²) in [5.74, 6) is 0.0994. The Kier molecular flexibility index (Phi) is 3.75. The van der Waals surface area contributed by atoms with E-state index < -0.39 is 11.9 Å². The number of nitrogens with one attached hydrogen (secondary N) is 1. The number of allylic oxidation sites excluding steroid dienone is 1. The van der Waals surface area contributed by atoms with Gasteiger partial charge in [0.25, 0.3) is 0 Å². The minimum Gasteiger partial charge on any atom is -0.324 e. The van der Waals surface area contributed by atoms with Gasteiger partial charge in [-0.2, -0.15) is 10.1 Å². The highest BCUT2D eigenvalue weighted by Gasteiger charge is 2.27. The van der Waals surface area contributed by atoms with Gasteiger partial charge in [-0.15, -0.1) is 0 Å². The Hall–Kier alpha value is -2.37. The van der Waals surface area contributed by atoms with Crippen LogP contribution in [-0.2, 0) is 0 Å². The third kappa shape index (κ3) is 2.46. The van der Waals surface area contributed by atoms with Gasteiger partial charge in [-0.1, -0.05) is 47.5 Å². The molecule has 0 aliphatic carbocycles. The van der Waals surface area contributed by atoms with E-state index in [4.69, 9.17) is 23.2 Å². The van der Waals surface area contributed by atoms with Crippen molar-refractivity contribution in [1.29, 1.82) is 0 Å². The molecule has 0 bridgehead atoms. The third-order valence-electron chi connectivity index (χ3n) is 3.87. The predicted molar refractivity (Wildman–Crippen MR) is 92.6 cm³/mol. The lowest BCUT2D eigenvalue weighted by atomic mass is 10.0. The van der Waals surface area contributed by atoms with Crippen molar-refractivity contribution in [2.75, 3.05) is 5.32 Å². The van der Waals surface area contributed by atoms with Crippen molar-refractivity contribution in [1.82, 2.24) is 14.8 Å². The van der Waals surface area contributed by atoms with Crippen molar-refractivity contribution in [2.24, 2.45) is 0 Å². The van der Waals surface area contributed by atoms with Gasteiger partial charge >= 0.3 is 0 Å². The zero-order valence-corrected chi connectivity index (χ0v) is 13.8. The maximum Gasteiger partial charge on any atom is 0.226 e. The van der Waals surface area contributed by atoms with Gasteiger partial charge < -0.3 is 5.32 Å². The van der Waals surface area contributed by atoms with Gasteiger partial charge in [-0.3, -0.25) is 0 Å². The number of benzene rings is 2. The average Bonchev–Trinajstić information content (AvgIpc) is 3.03. The van der Waals surface area contributed by atoms with E-state index in [9.17, 15) is 4.39 Å². The lowest BCUT2D eigenvalue weighted by molar-refractivity contribution is 0.551. The van der Waals surface area contributed by atoms with E-state index in [0.717, 1.165) is 11.3 Å². The van der Waals surface area contributed by atoms with E-state index in [1.807, 2.05) is 24.3 Å². The van der Waals surface area contributed by atoms with Crippen LogP contribution in [0.5, 0.6) is 0 Å². The van der Waals surface area contributed by atoms with Crippen LogP contribution in [0, 0.1) is 5.82 Å². The summed E-state index contributed by atoms with van der Waals surface area (Å²) in [5.41, 5.74) is 1.87. The molecule has 0 amide bonds. The second kappa shape index (κ2) is 5.92. The first-order valence-electron chi connectivity index (χ1n) is 7.22. The minimum atomic E-state index is -0.524. The van der Waals surface area contributed by atoms with E-state index in [2.05, 4.69) is 15.4 Å². The molecule has 0 unspecified atom stereocenters. The minimum absolute atomic E-state index is 0.332. The van der Waals surface area contributed by atoms with E-state index in [1.54, 1.807) is 22.9 Å². The van der Waals surface area contributed by atoms with E-state index in [0.29, 0.717) is 21.6 Å². The summed E-state index contributed by atoms with van der Waals surface area (Å²) in [6, 6.07) is 11.5. The summed E-state index contributed by atoms with van der Waals surface area (Å²) >= 11 is 12.5. The van der Waals surface area contributed by atoms with Gasteiger partial charge in [-0.05, 0) is 24.3 Å². The predicted octanol–water partition coefficient (Wildman–Crippen LogP) is 4.78. The summed E-state index contributed by atoms with van der Waals surface area (Å²) in [6.45, 7) is 0. The molecular formula is C17H11Cl2FN4. The standard InChI is InChI=1S/C17H11Cl2FN4/c18-11-5-2-1-4-10(11)14-8-15(24-17(23-14)21-9-22-24)16-12(19)6-3-7-13(16)20/h1-9,15H,(H,21,22,23)/t15-/m0/s1. The molecule has 0 fully saturated rings. The van der Waals surface area contributed by atoms with Crippen molar-refractivity contribution < 1.29 is 4.39 Å². The molecule has 1 atom stereocenters. The lowest BCUT2D eigenvalue weighted by Gasteiger charge is -2.25. The highest BCUT2D eigenvalue weighted by atomic mass is 35.5. The molecule has 0 spiro atoms. The van der Waals surface area contributed by atoms with Gasteiger partial charge in [0.1, 0.15) is 18.2 Å². The smallest absolute Gasteiger partial charge is 0.226 e. The van der Waals surface area contributed by atoms with Crippen LogP contribution in [0.3, 0.4) is 0 Å². The molecule has 2 aromatic carbocycles. The Morgan fingerprint density at radius 3 is 2.62 bits per heavy atom. The topological polar surface area (TPSA) is 42.7 Å². The van der Waals surface area contributed by atoms with Crippen LogP contribution in [0.15, 0.2) is 54.9 Å². The lowest BCUT2D eigenvalue weighted by Crippen LogP contribution is -2.21. The second-order valence-electron chi connectivity index (χ2n) is 5.29. The monoisotopic (exact) mass is 360 g/mol. The van der Waals surface area contributed by atoms with Crippen LogP contribution in [0.2, 0.25) is 10.0 Å². The summed E-state index contributed by atoms with van der Waals surface area (Å²) in [6.07, 6.45) is 3.25. The Bertz CT molecular complexity index is 931. The first-order valence-corrected chi connectivity index (χ1v) is 7.98. The highest BCUT2D eigenvalue weighted by molar-refractivity contribution is 6.32. The first kappa shape index (κ1) is 15.2. The molecule has 0 saturated heterocycles.